The molecule has 2 N–H and O–H groups in total. The Bertz CT molecular complexity index is 585. The van der Waals surface area contributed by atoms with Gasteiger partial charge in [0.1, 0.15) is 6.26 Å². The number of hydrogen-bond donors (Lipinski definition) is 2. The molecule has 106 valence electrons. The standard InChI is InChI=1S/C14H17N3O3/c1-17-7-11(6-15-17)13(10-4-12(18)5-10)16-14(19)9-2-3-20-8-9/h2-3,6-8,10,12-13,18H,4-5H2,1H3,(H,16,19)/t10?,12?,13-/m0/s1. The summed E-state index contributed by atoms with van der Waals surface area (Å²) < 4.78 is 6.64. The number of nitrogens with one attached hydrogen (secondary N) is 1. The van der Waals surface area contributed by atoms with Crippen molar-refractivity contribution >= 4 is 5.91 Å². The fourth-order valence-corrected chi connectivity index (χ4v) is 2.59. The van der Waals surface area contributed by atoms with E-state index in [-0.39, 0.29) is 24.0 Å². The molecular weight excluding hydrogens is 258 g/mol. The summed E-state index contributed by atoms with van der Waals surface area (Å²) in [5, 5.41) is 16.6. The first kappa shape index (κ1) is 12.9. The Morgan fingerprint density at radius 3 is 2.95 bits per heavy atom. The monoisotopic (exact) mass is 275 g/mol. The van der Waals surface area contributed by atoms with Gasteiger partial charge in [0.05, 0.1) is 30.2 Å². The molecule has 1 atom stereocenters. The predicted octanol–water partition coefficient (Wildman–Crippen LogP) is 1.26. The van der Waals surface area contributed by atoms with Crippen LogP contribution in [-0.4, -0.2) is 26.9 Å². The van der Waals surface area contributed by atoms with Crippen LogP contribution < -0.4 is 5.32 Å². The first-order valence-corrected chi connectivity index (χ1v) is 6.63. The number of hydrogen-bond acceptors (Lipinski definition) is 4. The molecule has 0 unspecified atom stereocenters. The van der Waals surface area contributed by atoms with E-state index in [0.29, 0.717) is 18.4 Å². The molecule has 3 rings (SSSR count). The fourth-order valence-electron chi connectivity index (χ4n) is 2.59. The number of nitrogens with zero attached hydrogens (tertiary/aromatic N) is 2. The molecule has 1 amide bonds. The number of aryl methyl sites for hydroxylation is 1. The highest BCUT2D eigenvalue weighted by Crippen LogP contribution is 2.38. The molecule has 1 fully saturated rings. The van der Waals surface area contributed by atoms with E-state index in [9.17, 15) is 9.90 Å². The molecule has 0 aromatic carbocycles. The molecule has 0 saturated heterocycles. The Morgan fingerprint density at radius 1 is 1.60 bits per heavy atom. The Labute approximate surface area is 116 Å². The van der Waals surface area contributed by atoms with Crippen molar-refractivity contribution in [3.8, 4) is 0 Å². The first-order chi connectivity index (χ1) is 9.63. The zero-order chi connectivity index (χ0) is 14.1. The summed E-state index contributed by atoms with van der Waals surface area (Å²) >= 11 is 0. The summed E-state index contributed by atoms with van der Waals surface area (Å²) in [5.41, 5.74) is 1.46. The van der Waals surface area contributed by atoms with E-state index in [0.717, 1.165) is 5.56 Å². The lowest BCUT2D eigenvalue weighted by Crippen LogP contribution is -2.41. The van der Waals surface area contributed by atoms with Gasteiger partial charge in [0.2, 0.25) is 0 Å². The highest BCUT2D eigenvalue weighted by Gasteiger charge is 2.36. The maximum atomic E-state index is 12.2. The van der Waals surface area contributed by atoms with Crippen LogP contribution in [0.5, 0.6) is 0 Å². The van der Waals surface area contributed by atoms with Gasteiger partial charge in [-0.3, -0.25) is 9.48 Å². The third-order valence-corrected chi connectivity index (χ3v) is 3.77. The minimum Gasteiger partial charge on any atom is -0.472 e. The number of carbonyl (C=O) groups excluding carboxylic acids is 1. The highest BCUT2D eigenvalue weighted by molar-refractivity contribution is 5.94. The summed E-state index contributed by atoms with van der Waals surface area (Å²) in [6.45, 7) is 0. The van der Waals surface area contributed by atoms with Crippen molar-refractivity contribution in [2.75, 3.05) is 0 Å². The van der Waals surface area contributed by atoms with Gasteiger partial charge in [0.25, 0.3) is 5.91 Å². The summed E-state index contributed by atoms with van der Waals surface area (Å²) in [7, 11) is 1.84. The maximum absolute atomic E-state index is 12.2. The molecule has 2 aromatic heterocycles. The third kappa shape index (κ3) is 2.46. The van der Waals surface area contributed by atoms with Gasteiger partial charge in [-0.2, -0.15) is 5.10 Å². The summed E-state index contributed by atoms with van der Waals surface area (Å²) in [6, 6.07) is 1.50. The predicted molar refractivity (Wildman–Crippen MR) is 70.9 cm³/mol. The van der Waals surface area contributed by atoms with Crippen molar-refractivity contribution in [3.05, 3.63) is 42.1 Å². The Morgan fingerprint density at radius 2 is 2.40 bits per heavy atom. The van der Waals surface area contributed by atoms with Crippen LogP contribution in [0.3, 0.4) is 0 Å². The average Bonchev–Trinajstić information content (AvgIpc) is 3.03. The van der Waals surface area contributed by atoms with E-state index in [4.69, 9.17) is 4.42 Å². The summed E-state index contributed by atoms with van der Waals surface area (Å²) in [5.74, 6) is 0.0686. The topological polar surface area (TPSA) is 80.3 Å². The molecule has 0 bridgehead atoms. The van der Waals surface area contributed by atoms with Gasteiger partial charge in [-0.05, 0) is 24.8 Å². The quantitative estimate of drug-likeness (QED) is 0.880. The smallest absolute Gasteiger partial charge is 0.255 e. The van der Waals surface area contributed by atoms with Gasteiger partial charge in [-0.15, -0.1) is 0 Å². The van der Waals surface area contributed by atoms with Crippen LogP contribution in [0.25, 0.3) is 0 Å². The normalized spacial score (nSPS) is 23.1. The molecule has 2 aromatic rings. The van der Waals surface area contributed by atoms with Crippen molar-refractivity contribution in [1.82, 2.24) is 15.1 Å². The van der Waals surface area contributed by atoms with Gasteiger partial charge in [-0.25, -0.2) is 0 Å². The largest absolute Gasteiger partial charge is 0.472 e. The molecule has 20 heavy (non-hydrogen) atoms. The van der Waals surface area contributed by atoms with E-state index in [1.54, 1.807) is 16.9 Å². The van der Waals surface area contributed by atoms with Crippen LogP contribution in [0, 0.1) is 5.92 Å². The minimum atomic E-state index is -0.259. The molecule has 2 heterocycles. The SMILES string of the molecule is Cn1cc([C@@H](NC(=O)c2ccoc2)C2CC(O)C2)cn1. The third-order valence-electron chi connectivity index (χ3n) is 3.77. The van der Waals surface area contributed by atoms with Crippen molar-refractivity contribution < 1.29 is 14.3 Å². The molecule has 0 radical (unpaired) electrons. The second-order valence-corrected chi connectivity index (χ2v) is 5.30. The lowest BCUT2D eigenvalue weighted by molar-refractivity contribution is 0.0235. The second-order valence-electron chi connectivity index (χ2n) is 5.30. The molecule has 1 aliphatic rings. The van der Waals surface area contributed by atoms with Gasteiger partial charge < -0.3 is 14.8 Å². The summed E-state index contributed by atoms with van der Waals surface area (Å²) in [6.07, 6.45) is 7.68. The van der Waals surface area contributed by atoms with E-state index in [1.807, 2.05) is 13.2 Å². The first-order valence-electron chi connectivity index (χ1n) is 6.63. The van der Waals surface area contributed by atoms with Crippen LogP contribution in [0.4, 0.5) is 0 Å². The van der Waals surface area contributed by atoms with Gasteiger partial charge >= 0.3 is 0 Å². The van der Waals surface area contributed by atoms with E-state index < -0.39 is 0 Å². The molecule has 1 aliphatic carbocycles. The van der Waals surface area contributed by atoms with Crippen LogP contribution in [-0.2, 0) is 7.05 Å². The molecule has 0 spiro atoms. The zero-order valence-electron chi connectivity index (χ0n) is 11.2. The number of amides is 1. The van der Waals surface area contributed by atoms with Gasteiger partial charge in [0.15, 0.2) is 0 Å². The zero-order valence-corrected chi connectivity index (χ0v) is 11.2. The molecule has 6 nitrogen and oxygen atoms in total. The van der Waals surface area contributed by atoms with E-state index in [1.165, 1.54) is 12.5 Å². The second kappa shape index (κ2) is 5.13. The number of furan rings is 1. The van der Waals surface area contributed by atoms with Crippen LogP contribution >= 0.6 is 0 Å². The van der Waals surface area contributed by atoms with Crippen molar-refractivity contribution in [1.29, 1.82) is 0 Å². The Kier molecular flexibility index (Phi) is 3.31. The van der Waals surface area contributed by atoms with Crippen molar-refractivity contribution in [2.45, 2.75) is 25.0 Å². The fraction of sp³-hybridized carbons (Fsp3) is 0.429. The molecule has 6 heteroatoms. The van der Waals surface area contributed by atoms with E-state index in [2.05, 4.69) is 10.4 Å². The van der Waals surface area contributed by atoms with Crippen LogP contribution in [0.1, 0.15) is 34.8 Å². The van der Waals surface area contributed by atoms with Crippen molar-refractivity contribution in [3.63, 3.8) is 0 Å². The maximum Gasteiger partial charge on any atom is 0.255 e. The number of aliphatic hydroxyl groups excluding tert-OH is 1. The average molecular weight is 275 g/mol. The van der Waals surface area contributed by atoms with Crippen LogP contribution in [0.2, 0.25) is 0 Å². The van der Waals surface area contributed by atoms with Crippen molar-refractivity contribution in [2.24, 2.45) is 13.0 Å². The molecule has 1 saturated carbocycles. The Balaban J connectivity index is 1.77. The number of rotatable bonds is 4. The van der Waals surface area contributed by atoms with Crippen LogP contribution in [0.15, 0.2) is 35.4 Å². The highest BCUT2D eigenvalue weighted by atomic mass is 16.3. The summed E-state index contributed by atoms with van der Waals surface area (Å²) in [4.78, 5) is 12.2. The van der Waals surface area contributed by atoms with Gasteiger partial charge in [-0.1, -0.05) is 0 Å². The molecular formula is C14H17N3O3. The lowest BCUT2D eigenvalue weighted by atomic mass is 9.75. The number of carbonyl (C=O) groups is 1. The van der Waals surface area contributed by atoms with Gasteiger partial charge in [0, 0.05) is 18.8 Å². The van der Waals surface area contributed by atoms with E-state index >= 15 is 0 Å². The molecule has 0 aliphatic heterocycles. The number of aromatic nitrogens is 2. The number of aliphatic hydroxyl groups is 1. The Hall–Kier alpha value is -2.08. The minimum absolute atomic E-state index is 0.130. The lowest BCUT2D eigenvalue weighted by Gasteiger charge is -2.37.